The van der Waals surface area contributed by atoms with Crippen LogP contribution in [0.3, 0.4) is 0 Å². The highest BCUT2D eigenvalue weighted by Crippen LogP contribution is 2.38. The van der Waals surface area contributed by atoms with Crippen LogP contribution in [0.4, 0.5) is 0 Å². The van der Waals surface area contributed by atoms with Gasteiger partial charge in [0.15, 0.2) is 0 Å². The average molecular weight is 372 g/mol. The zero-order valence-electron chi connectivity index (χ0n) is 15.5. The standard InChI is InChI=1S/C23H21N3S/c1-15-18(22-4-3-10-24-25-22)7-8-19-20(15)13-26(2)14-21(19)17-6-5-16-9-11-27-23(16)12-17/h3-12,21H,13-14H2,1-2H3. The van der Waals surface area contributed by atoms with Gasteiger partial charge in [-0.15, -0.1) is 11.3 Å². The Bertz CT molecular complexity index is 1120. The van der Waals surface area contributed by atoms with Crippen LogP contribution in [0.25, 0.3) is 21.3 Å². The third-order valence-electron chi connectivity index (χ3n) is 5.66. The minimum atomic E-state index is 0.403. The summed E-state index contributed by atoms with van der Waals surface area (Å²) in [5.41, 5.74) is 7.75. The molecule has 1 unspecified atom stereocenters. The largest absolute Gasteiger partial charge is 0.301 e. The maximum absolute atomic E-state index is 4.32. The van der Waals surface area contributed by atoms with Crippen molar-refractivity contribution in [3.63, 3.8) is 0 Å². The Morgan fingerprint density at radius 1 is 1.11 bits per heavy atom. The van der Waals surface area contributed by atoms with Crippen LogP contribution in [0.1, 0.15) is 28.2 Å². The number of benzene rings is 2. The molecule has 3 nitrogen and oxygen atoms in total. The maximum atomic E-state index is 4.32. The third-order valence-corrected chi connectivity index (χ3v) is 6.54. The van der Waals surface area contributed by atoms with E-state index in [9.17, 15) is 0 Å². The highest BCUT2D eigenvalue weighted by molar-refractivity contribution is 7.17. The predicted molar refractivity (Wildman–Crippen MR) is 112 cm³/mol. The van der Waals surface area contributed by atoms with Crippen molar-refractivity contribution in [1.82, 2.24) is 15.1 Å². The fraction of sp³-hybridized carbons (Fsp3) is 0.217. The van der Waals surface area contributed by atoms with Crippen LogP contribution >= 0.6 is 11.3 Å². The van der Waals surface area contributed by atoms with Crippen molar-refractivity contribution >= 4 is 21.4 Å². The zero-order valence-corrected chi connectivity index (χ0v) is 16.3. The van der Waals surface area contributed by atoms with Gasteiger partial charge in [-0.2, -0.15) is 10.2 Å². The Morgan fingerprint density at radius 2 is 2.04 bits per heavy atom. The van der Waals surface area contributed by atoms with Gasteiger partial charge in [-0.25, -0.2) is 0 Å². The molecule has 0 aliphatic carbocycles. The van der Waals surface area contributed by atoms with Crippen molar-refractivity contribution in [2.45, 2.75) is 19.4 Å². The second-order valence-corrected chi connectivity index (χ2v) is 8.33. The van der Waals surface area contributed by atoms with E-state index >= 15 is 0 Å². The highest BCUT2D eigenvalue weighted by Gasteiger charge is 2.27. The summed E-state index contributed by atoms with van der Waals surface area (Å²) in [5, 5.41) is 11.9. The van der Waals surface area contributed by atoms with E-state index in [4.69, 9.17) is 0 Å². The fourth-order valence-electron chi connectivity index (χ4n) is 4.25. The molecule has 0 fully saturated rings. The van der Waals surface area contributed by atoms with Gasteiger partial charge in [0.05, 0.1) is 5.69 Å². The van der Waals surface area contributed by atoms with E-state index in [0.29, 0.717) is 5.92 Å². The van der Waals surface area contributed by atoms with Gasteiger partial charge >= 0.3 is 0 Å². The molecule has 1 atom stereocenters. The van der Waals surface area contributed by atoms with Crippen LogP contribution in [0.2, 0.25) is 0 Å². The maximum Gasteiger partial charge on any atom is 0.0932 e. The molecule has 0 saturated heterocycles. The summed E-state index contributed by atoms with van der Waals surface area (Å²) in [5.74, 6) is 0.403. The lowest BCUT2D eigenvalue weighted by molar-refractivity contribution is 0.294. The smallest absolute Gasteiger partial charge is 0.0932 e. The van der Waals surface area contributed by atoms with E-state index in [0.717, 1.165) is 18.8 Å². The zero-order chi connectivity index (χ0) is 18.4. The first-order valence-corrected chi connectivity index (χ1v) is 10.1. The molecule has 4 aromatic rings. The Hall–Kier alpha value is -2.56. The van der Waals surface area contributed by atoms with Crippen LogP contribution in [-0.2, 0) is 6.54 Å². The average Bonchev–Trinajstić information content (AvgIpc) is 3.17. The second kappa shape index (κ2) is 6.55. The van der Waals surface area contributed by atoms with Gasteiger partial charge in [0.2, 0.25) is 0 Å². The molecule has 4 heteroatoms. The molecule has 27 heavy (non-hydrogen) atoms. The van der Waals surface area contributed by atoms with Crippen LogP contribution in [0.15, 0.2) is 60.1 Å². The molecule has 1 aliphatic heterocycles. The van der Waals surface area contributed by atoms with E-state index in [-0.39, 0.29) is 0 Å². The van der Waals surface area contributed by atoms with E-state index in [1.165, 1.54) is 37.9 Å². The molecule has 0 spiro atoms. The van der Waals surface area contributed by atoms with Crippen LogP contribution in [-0.4, -0.2) is 28.7 Å². The summed E-state index contributed by atoms with van der Waals surface area (Å²) in [7, 11) is 2.22. The number of likely N-dealkylation sites (N-methyl/N-ethyl adjacent to an activating group) is 1. The first-order valence-electron chi connectivity index (χ1n) is 9.27. The molecule has 0 bridgehead atoms. The Kier molecular flexibility index (Phi) is 4.03. The van der Waals surface area contributed by atoms with Crippen LogP contribution < -0.4 is 0 Å². The topological polar surface area (TPSA) is 29.0 Å². The molecule has 3 heterocycles. The van der Waals surface area contributed by atoms with Gasteiger partial charge in [-0.1, -0.05) is 24.3 Å². The lowest BCUT2D eigenvalue weighted by Crippen LogP contribution is -2.31. The fourth-order valence-corrected chi connectivity index (χ4v) is 5.09. The lowest BCUT2D eigenvalue weighted by Gasteiger charge is -2.34. The first-order chi connectivity index (χ1) is 13.2. The molecule has 0 saturated carbocycles. The number of fused-ring (bicyclic) bond motifs is 2. The SMILES string of the molecule is Cc1c(-c2cccnn2)ccc2c1CN(C)CC2c1ccc2ccsc2c1. The molecule has 2 aromatic heterocycles. The Balaban J connectivity index is 1.64. The number of hydrogen-bond donors (Lipinski definition) is 0. The van der Waals surface area contributed by atoms with Gasteiger partial charge in [0.25, 0.3) is 0 Å². The summed E-state index contributed by atoms with van der Waals surface area (Å²) in [6.07, 6.45) is 1.72. The second-order valence-electron chi connectivity index (χ2n) is 7.38. The summed E-state index contributed by atoms with van der Waals surface area (Å²) in [6, 6.07) is 17.7. The lowest BCUT2D eigenvalue weighted by atomic mass is 9.81. The van der Waals surface area contributed by atoms with Gasteiger partial charge in [-0.3, -0.25) is 0 Å². The van der Waals surface area contributed by atoms with Crippen molar-refractivity contribution in [1.29, 1.82) is 0 Å². The number of rotatable bonds is 2. The number of hydrogen-bond acceptors (Lipinski definition) is 4. The van der Waals surface area contributed by atoms with Crippen molar-refractivity contribution in [2.75, 3.05) is 13.6 Å². The molecule has 0 N–H and O–H groups in total. The van der Waals surface area contributed by atoms with E-state index in [1.807, 2.05) is 23.5 Å². The van der Waals surface area contributed by atoms with E-state index in [2.05, 4.69) is 70.8 Å². The third kappa shape index (κ3) is 2.85. The summed E-state index contributed by atoms with van der Waals surface area (Å²) < 4.78 is 1.37. The molecule has 0 amide bonds. The Labute approximate surface area is 163 Å². The minimum Gasteiger partial charge on any atom is -0.301 e. The number of nitrogens with zero attached hydrogens (tertiary/aromatic N) is 3. The van der Waals surface area contributed by atoms with E-state index in [1.54, 1.807) is 6.20 Å². The van der Waals surface area contributed by atoms with Crippen molar-refractivity contribution in [2.24, 2.45) is 0 Å². The molecular formula is C23H21N3S. The summed E-state index contributed by atoms with van der Waals surface area (Å²) in [4.78, 5) is 2.43. The van der Waals surface area contributed by atoms with Crippen molar-refractivity contribution in [3.8, 4) is 11.3 Å². The van der Waals surface area contributed by atoms with Gasteiger partial charge < -0.3 is 4.90 Å². The molecular weight excluding hydrogens is 350 g/mol. The molecule has 0 radical (unpaired) electrons. The van der Waals surface area contributed by atoms with Gasteiger partial charge in [0, 0.05) is 35.5 Å². The normalized spacial score (nSPS) is 17.2. The van der Waals surface area contributed by atoms with E-state index < -0.39 is 0 Å². The highest BCUT2D eigenvalue weighted by atomic mass is 32.1. The number of aromatic nitrogens is 2. The Morgan fingerprint density at radius 3 is 2.89 bits per heavy atom. The molecule has 134 valence electrons. The molecule has 1 aliphatic rings. The summed E-state index contributed by atoms with van der Waals surface area (Å²) in [6.45, 7) is 4.25. The number of thiophene rings is 1. The minimum absolute atomic E-state index is 0.403. The molecule has 2 aromatic carbocycles. The molecule has 5 rings (SSSR count). The van der Waals surface area contributed by atoms with Crippen molar-refractivity contribution < 1.29 is 0 Å². The van der Waals surface area contributed by atoms with Gasteiger partial charge in [0.1, 0.15) is 0 Å². The van der Waals surface area contributed by atoms with Crippen LogP contribution in [0, 0.1) is 6.92 Å². The first kappa shape index (κ1) is 16.6. The monoisotopic (exact) mass is 371 g/mol. The summed E-state index contributed by atoms with van der Waals surface area (Å²) >= 11 is 1.82. The predicted octanol–water partition coefficient (Wildman–Crippen LogP) is 5.24. The van der Waals surface area contributed by atoms with Crippen molar-refractivity contribution in [3.05, 3.63) is 82.4 Å². The van der Waals surface area contributed by atoms with Gasteiger partial charge in [-0.05, 0) is 71.3 Å². The van der Waals surface area contributed by atoms with Crippen LogP contribution in [0.5, 0.6) is 0 Å². The quantitative estimate of drug-likeness (QED) is 0.482.